The molecule has 2 heterocycles. The molecule has 2 atom stereocenters. The standard InChI is InChI=1S/C13H17N3O/c1-15-8-11-6-12(15)13(17)16(11)10-4-2-9(7-14)3-5-10/h2-5,11-12H,6-8,14H2,1H3. The number of likely N-dealkylation sites (tertiary alicyclic amines) is 1. The molecular formula is C13H17N3O. The van der Waals surface area contributed by atoms with E-state index in [4.69, 9.17) is 5.73 Å². The van der Waals surface area contributed by atoms with Crippen molar-refractivity contribution in [2.45, 2.75) is 25.0 Å². The summed E-state index contributed by atoms with van der Waals surface area (Å²) in [6.45, 7) is 1.53. The van der Waals surface area contributed by atoms with Crippen LogP contribution in [0.1, 0.15) is 12.0 Å². The minimum absolute atomic E-state index is 0.0918. The molecular weight excluding hydrogens is 214 g/mol. The van der Waals surface area contributed by atoms with Crippen LogP contribution in [0.3, 0.4) is 0 Å². The molecule has 1 aromatic carbocycles. The molecule has 2 unspecified atom stereocenters. The van der Waals surface area contributed by atoms with E-state index in [0.29, 0.717) is 12.6 Å². The summed E-state index contributed by atoms with van der Waals surface area (Å²) >= 11 is 0. The predicted octanol–water partition coefficient (Wildman–Crippen LogP) is 0.565. The Labute approximate surface area is 101 Å². The van der Waals surface area contributed by atoms with Crippen molar-refractivity contribution in [3.8, 4) is 0 Å². The largest absolute Gasteiger partial charge is 0.326 e. The molecule has 2 aliphatic heterocycles. The molecule has 2 bridgehead atoms. The Hall–Kier alpha value is -1.39. The van der Waals surface area contributed by atoms with Gasteiger partial charge in [0.15, 0.2) is 0 Å². The summed E-state index contributed by atoms with van der Waals surface area (Å²) < 4.78 is 0. The lowest BCUT2D eigenvalue weighted by atomic mass is 10.1. The van der Waals surface area contributed by atoms with Gasteiger partial charge in [0.25, 0.3) is 0 Å². The highest BCUT2D eigenvalue weighted by Gasteiger charge is 2.48. The number of anilines is 1. The summed E-state index contributed by atoms with van der Waals surface area (Å²) in [4.78, 5) is 16.3. The zero-order chi connectivity index (χ0) is 12.0. The third-order valence-corrected chi connectivity index (χ3v) is 3.86. The fraction of sp³-hybridized carbons (Fsp3) is 0.462. The molecule has 0 spiro atoms. The first-order valence-corrected chi connectivity index (χ1v) is 6.03. The van der Waals surface area contributed by atoms with E-state index in [1.807, 2.05) is 36.2 Å². The molecule has 0 radical (unpaired) electrons. The maximum Gasteiger partial charge on any atom is 0.244 e. The molecule has 2 saturated heterocycles. The number of nitrogens with zero attached hydrogens (tertiary/aromatic N) is 2. The second-order valence-corrected chi connectivity index (χ2v) is 4.92. The Morgan fingerprint density at radius 2 is 2.06 bits per heavy atom. The second-order valence-electron chi connectivity index (χ2n) is 4.92. The van der Waals surface area contributed by atoms with Gasteiger partial charge in [0, 0.05) is 18.8 Å². The summed E-state index contributed by atoms with van der Waals surface area (Å²) in [6.07, 6.45) is 0.966. The number of carbonyl (C=O) groups excluding carboxylic acids is 1. The summed E-state index contributed by atoms with van der Waals surface area (Å²) in [5, 5.41) is 0. The van der Waals surface area contributed by atoms with E-state index < -0.39 is 0 Å². The van der Waals surface area contributed by atoms with E-state index in [-0.39, 0.29) is 11.9 Å². The van der Waals surface area contributed by atoms with Gasteiger partial charge in [-0.15, -0.1) is 0 Å². The number of likely N-dealkylation sites (N-methyl/N-ethyl adjacent to an activating group) is 1. The Morgan fingerprint density at radius 3 is 2.59 bits per heavy atom. The first kappa shape index (κ1) is 10.7. The van der Waals surface area contributed by atoms with Crippen molar-refractivity contribution in [1.29, 1.82) is 0 Å². The molecule has 2 N–H and O–H groups in total. The number of carbonyl (C=O) groups is 1. The minimum Gasteiger partial charge on any atom is -0.326 e. The minimum atomic E-state index is 0.0918. The normalized spacial score (nSPS) is 28.1. The molecule has 0 saturated carbocycles. The monoisotopic (exact) mass is 231 g/mol. The van der Waals surface area contributed by atoms with Crippen LogP contribution in [0.2, 0.25) is 0 Å². The smallest absolute Gasteiger partial charge is 0.244 e. The molecule has 3 rings (SSSR count). The van der Waals surface area contributed by atoms with Gasteiger partial charge in [-0.05, 0) is 31.2 Å². The van der Waals surface area contributed by atoms with E-state index in [0.717, 1.165) is 24.2 Å². The van der Waals surface area contributed by atoms with Crippen LogP contribution < -0.4 is 10.6 Å². The molecule has 4 nitrogen and oxygen atoms in total. The summed E-state index contributed by atoms with van der Waals surface area (Å²) in [5.41, 5.74) is 7.68. The van der Waals surface area contributed by atoms with Crippen LogP contribution in [0.4, 0.5) is 5.69 Å². The number of piperazine rings is 1. The number of fused-ring (bicyclic) bond motifs is 2. The Morgan fingerprint density at radius 1 is 1.35 bits per heavy atom. The molecule has 2 fully saturated rings. The van der Waals surface area contributed by atoms with E-state index in [1.165, 1.54) is 0 Å². The van der Waals surface area contributed by atoms with Crippen LogP contribution in [0, 0.1) is 0 Å². The Bertz CT molecular complexity index is 442. The van der Waals surface area contributed by atoms with Crippen molar-refractivity contribution in [1.82, 2.24) is 4.90 Å². The lowest BCUT2D eigenvalue weighted by Crippen LogP contribution is -2.48. The topological polar surface area (TPSA) is 49.6 Å². The van der Waals surface area contributed by atoms with Gasteiger partial charge in [-0.3, -0.25) is 9.69 Å². The first-order chi connectivity index (χ1) is 8.20. The average molecular weight is 231 g/mol. The van der Waals surface area contributed by atoms with Crippen molar-refractivity contribution in [2.75, 3.05) is 18.5 Å². The molecule has 1 aromatic rings. The number of hydrogen-bond donors (Lipinski definition) is 1. The van der Waals surface area contributed by atoms with Gasteiger partial charge in [0.1, 0.15) is 0 Å². The second kappa shape index (κ2) is 3.82. The van der Waals surface area contributed by atoms with Crippen LogP contribution in [0.15, 0.2) is 24.3 Å². The Kier molecular flexibility index (Phi) is 2.42. The van der Waals surface area contributed by atoms with Gasteiger partial charge in [-0.25, -0.2) is 0 Å². The van der Waals surface area contributed by atoms with Crippen LogP contribution in [-0.4, -0.2) is 36.5 Å². The van der Waals surface area contributed by atoms with Gasteiger partial charge in [-0.2, -0.15) is 0 Å². The number of amides is 1. The van der Waals surface area contributed by atoms with Crippen molar-refractivity contribution in [2.24, 2.45) is 5.73 Å². The van der Waals surface area contributed by atoms with Crippen LogP contribution >= 0.6 is 0 Å². The highest BCUT2D eigenvalue weighted by Crippen LogP contribution is 2.34. The highest BCUT2D eigenvalue weighted by molar-refractivity contribution is 6.01. The molecule has 4 heteroatoms. The van der Waals surface area contributed by atoms with Crippen molar-refractivity contribution < 1.29 is 4.79 Å². The highest BCUT2D eigenvalue weighted by atomic mass is 16.2. The van der Waals surface area contributed by atoms with Crippen LogP contribution in [0.25, 0.3) is 0 Å². The molecule has 0 aromatic heterocycles. The number of rotatable bonds is 2. The van der Waals surface area contributed by atoms with E-state index >= 15 is 0 Å². The van der Waals surface area contributed by atoms with Crippen molar-refractivity contribution >= 4 is 11.6 Å². The molecule has 90 valence electrons. The average Bonchev–Trinajstić information content (AvgIpc) is 2.85. The van der Waals surface area contributed by atoms with E-state index in [2.05, 4.69) is 4.90 Å². The third kappa shape index (κ3) is 1.56. The van der Waals surface area contributed by atoms with Crippen molar-refractivity contribution in [3.63, 3.8) is 0 Å². The van der Waals surface area contributed by atoms with Gasteiger partial charge in [0.05, 0.1) is 12.1 Å². The molecule has 2 aliphatic rings. The van der Waals surface area contributed by atoms with Crippen LogP contribution in [-0.2, 0) is 11.3 Å². The van der Waals surface area contributed by atoms with E-state index in [1.54, 1.807) is 0 Å². The number of benzene rings is 1. The zero-order valence-corrected chi connectivity index (χ0v) is 9.97. The maximum atomic E-state index is 12.2. The van der Waals surface area contributed by atoms with Gasteiger partial charge < -0.3 is 10.6 Å². The predicted molar refractivity (Wildman–Crippen MR) is 66.6 cm³/mol. The summed E-state index contributed by atoms with van der Waals surface area (Å²) in [5.74, 6) is 0.240. The number of nitrogens with two attached hydrogens (primary N) is 1. The quantitative estimate of drug-likeness (QED) is 0.809. The van der Waals surface area contributed by atoms with Crippen molar-refractivity contribution in [3.05, 3.63) is 29.8 Å². The van der Waals surface area contributed by atoms with Crippen LogP contribution in [0.5, 0.6) is 0 Å². The zero-order valence-electron chi connectivity index (χ0n) is 9.97. The maximum absolute atomic E-state index is 12.2. The fourth-order valence-electron chi connectivity index (χ4n) is 2.92. The first-order valence-electron chi connectivity index (χ1n) is 6.03. The van der Waals surface area contributed by atoms with E-state index in [9.17, 15) is 4.79 Å². The molecule has 17 heavy (non-hydrogen) atoms. The summed E-state index contributed by atoms with van der Waals surface area (Å²) in [7, 11) is 2.03. The Balaban J connectivity index is 1.88. The fourth-order valence-corrected chi connectivity index (χ4v) is 2.92. The lowest BCUT2D eigenvalue weighted by Gasteiger charge is -2.31. The SMILES string of the molecule is CN1CC2CC1C(=O)N2c1ccc(CN)cc1. The van der Waals surface area contributed by atoms with Gasteiger partial charge >= 0.3 is 0 Å². The van der Waals surface area contributed by atoms with Gasteiger partial charge in [-0.1, -0.05) is 12.1 Å². The third-order valence-electron chi connectivity index (χ3n) is 3.86. The summed E-state index contributed by atoms with van der Waals surface area (Å²) in [6, 6.07) is 8.44. The molecule has 1 amide bonds. The lowest BCUT2D eigenvalue weighted by molar-refractivity contribution is -0.122. The molecule has 0 aliphatic carbocycles. The van der Waals surface area contributed by atoms with Gasteiger partial charge in [0.2, 0.25) is 5.91 Å². The number of hydrogen-bond acceptors (Lipinski definition) is 3.